The highest BCUT2D eigenvalue weighted by Gasteiger charge is 2.07. The van der Waals surface area contributed by atoms with Crippen molar-refractivity contribution in [3.8, 4) is 0 Å². The number of nitrogens with two attached hydrogens (primary N) is 1. The topological polar surface area (TPSA) is 51.8 Å². The van der Waals surface area contributed by atoms with E-state index in [-0.39, 0.29) is 0 Å². The summed E-state index contributed by atoms with van der Waals surface area (Å²) in [6.07, 6.45) is 4.34. The second-order valence-electron chi connectivity index (χ2n) is 2.64. The molecule has 1 heterocycles. The molecule has 11 heavy (non-hydrogen) atoms. The number of nitrogen functional groups attached to an aromatic ring is 1. The van der Waals surface area contributed by atoms with Crippen molar-refractivity contribution in [2.45, 2.75) is 26.2 Å². The smallest absolute Gasteiger partial charge is 0.145 e. The Labute approximate surface area is 66.7 Å². The van der Waals surface area contributed by atoms with Crippen LogP contribution in [0.3, 0.4) is 0 Å². The highest BCUT2D eigenvalue weighted by molar-refractivity contribution is 5.35. The van der Waals surface area contributed by atoms with Gasteiger partial charge in [0.1, 0.15) is 5.82 Å². The first-order valence-corrected chi connectivity index (χ1v) is 3.82. The summed E-state index contributed by atoms with van der Waals surface area (Å²) in [7, 11) is 0. The second kappa shape index (κ2) is 3.32. The van der Waals surface area contributed by atoms with Crippen molar-refractivity contribution < 1.29 is 0 Å². The van der Waals surface area contributed by atoms with Crippen molar-refractivity contribution in [2.24, 2.45) is 0 Å². The minimum atomic E-state index is 0.406. The Hall–Kier alpha value is -1.12. The van der Waals surface area contributed by atoms with E-state index in [2.05, 4.69) is 23.8 Å². The summed E-state index contributed by atoms with van der Waals surface area (Å²) in [6.45, 7) is 4.21. The van der Waals surface area contributed by atoms with Crippen LogP contribution in [0.2, 0.25) is 0 Å². The molecule has 0 fully saturated rings. The lowest BCUT2D eigenvalue weighted by atomic mass is 10.1. The van der Waals surface area contributed by atoms with Crippen LogP contribution >= 0.6 is 0 Å². The van der Waals surface area contributed by atoms with Crippen LogP contribution in [0.4, 0.5) is 5.82 Å². The molecule has 1 aromatic rings. The molecule has 60 valence electrons. The van der Waals surface area contributed by atoms with E-state index < -0.39 is 0 Å². The van der Waals surface area contributed by atoms with Crippen molar-refractivity contribution in [2.75, 3.05) is 5.73 Å². The van der Waals surface area contributed by atoms with E-state index in [1.54, 1.807) is 12.4 Å². The Morgan fingerprint density at radius 3 is 2.64 bits per heavy atom. The maximum atomic E-state index is 5.62. The average molecular weight is 151 g/mol. The van der Waals surface area contributed by atoms with E-state index in [4.69, 9.17) is 5.73 Å². The largest absolute Gasteiger partial charge is 0.382 e. The molecule has 0 radical (unpaired) electrons. The Bertz CT molecular complexity index is 235. The van der Waals surface area contributed by atoms with Gasteiger partial charge in [-0.2, -0.15) is 0 Å². The minimum Gasteiger partial charge on any atom is -0.382 e. The fourth-order valence-electron chi connectivity index (χ4n) is 0.933. The summed E-state index contributed by atoms with van der Waals surface area (Å²) in [5.74, 6) is 0.963. The first-order chi connectivity index (χ1) is 5.25. The van der Waals surface area contributed by atoms with Crippen LogP contribution in [0.5, 0.6) is 0 Å². The lowest BCUT2D eigenvalue weighted by Crippen LogP contribution is -2.03. The summed E-state index contributed by atoms with van der Waals surface area (Å²) in [6, 6.07) is 0. The number of hydrogen-bond donors (Lipinski definition) is 1. The molecule has 2 N–H and O–H groups in total. The third-order valence-electron chi connectivity index (χ3n) is 1.84. The van der Waals surface area contributed by atoms with Crippen LogP contribution in [-0.4, -0.2) is 9.97 Å². The lowest BCUT2D eigenvalue weighted by Gasteiger charge is -2.08. The van der Waals surface area contributed by atoms with Gasteiger partial charge in [-0.05, 0) is 6.42 Å². The Morgan fingerprint density at radius 2 is 2.09 bits per heavy atom. The molecule has 1 atom stereocenters. The van der Waals surface area contributed by atoms with E-state index in [1.165, 1.54) is 0 Å². The van der Waals surface area contributed by atoms with Gasteiger partial charge in [0.25, 0.3) is 0 Å². The van der Waals surface area contributed by atoms with Gasteiger partial charge < -0.3 is 5.73 Å². The van der Waals surface area contributed by atoms with Crippen molar-refractivity contribution in [3.63, 3.8) is 0 Å². The highest BCUT2D eigenvalue weighted by Crippen LogP contribution is 2.19. The molecule has 1 aromatic heterocycles. The maximum absolute atomic E-state index is 5.62. The van der Waals surface area contributed by atoms with Crippen LogP contribution < -0.4 is 5.73 Å². The monoisotopic (exact) mass is 151 g/mol. The van der Waals surface area contributed by atoms with E-state index >= 15 is 0 Å². The third kappa shape index (κ3) is 1.67. The standard InChI is InChI=1S/C8H13N3/c1-3-6(2)7-8(9)11-5-4-10-7/h4-6H,3H2,1-2H3,(H2,9,11)/t6-/m0/s1. The van der Waals surface area contributed by atoms with Crippen molar-refractivity contribution >= 4 is 5.82 Å². The molecule has 0 aliphatic carbocycles. The molecule has 1 rings (SSSR count). The molecule has 0 aromatic carbocycles. The van der Waals surface area contributed by atoms with E-state index in [9.17, 15) is 0 Å². The number of anilines is 1. The van der Waals surface area contributed by atoms with Crippen LogP contribution in [0, 0.1) is 0 Å². The Morgan fingerprint density at radius 1 is 1.45 bits per heavy atom. The van der Waals surface area contributed by atoms with E-state index in [1.807, 2.05) is 0 Å². The Kier molecular flexibility index (Phi) is 2.41. The molecule has 0 spiro atoms. The van der Waals surface area contributed by atoms with Crippen LogP contribution in [0.25, 0.3) is 0 Å². The van der Waals surface area contributed by atoms with Gasteiger partial charge in [-0.1, -0.05) is 13.8 Å². The first-order valence-electron chi connectivity index (χ1n) is 3.82. The van der Waals surface area contributed by atoms with Gasteiger partial charge in [-0.15, -0.1) is 0 Å². The lowest BCUT2D eigenvalue weighted by molar-refractivity contribution is 0.706. The minimum absolute atomic E-state index is 0.406. The summed E-state index contributed by atoms with van der Waals surface area (Å²) in [5.41, 5.74) is 6.54. The molecule has 0 amide bonds. The van der Waals surface area contributed by atoms with Crippen molar-refractivity contribution in [1.82, 2.24) is 9.97 Å². The number of nitrogens with zero attached hydrogens (tertiary/aromatic N) is 2. The highest BCUT2D eigenvalue weighted by atomic mass is 14.9. The number of hydrogen-bond acceptors (Lipinski definition) is 3. The predicted molar refractivity (Wildman–Crippen MR) is 45.2 cm³/mol. The molecular formula is C8H13N3. The van der Waals surface area contributed by atoms with Gasteiger partial charge in [0.05, 0.1) is 5.69 Å². The molecule has 3 nitrogen and oxygen atoms in total. The zero-order valence-electron chi connectivity index (χ0n) is 6.91. The summed E-state index contributed by atoms with van der Waals surface area (Å²) < 4.78 is 0. The van der Waals surface area contributed by atoms with Gasteiger partial charge >= 0.3 is 0 Å². The second-order valence-corrected chi connectivity index (χ2v) is 2.64. The SMILES string of the molecule is CC[C@H](C)c1nccnc1N. The van der Waals surface area contributed by atoms with Gasteiger partial charge in [0, 0.05) is 18.3 Å². The van der Waals surface area contributed by atoms with E-state index in [0.29, 0.717) is 11.7 Å². The number of rotatable bonds is 2. The molecule has 0 saturated heterocycles. The molecule has 0 saturated carbocycles. The Balaban J connectivity index is 2.93. The van der Waals surface area contributed by atoms with Crippen molar-refractivity contribution in [3.05, 3.63) is 18.1 Å². The van der Waals surface area contributed by atoms with Crippen LogP contribution in [-0.2, 0) is 0 Å². The fraction of sp³-hybridized carbons (Fsp3) is 0.500. The van der Waals surface area contributed by atoms with Gasteiger partial charge in [0.15, 0.2) is 0 Å². The molecule has 0 aliphatic heterocycles. The van der Waals surface area contributed by atoms with E-state index in [0.717, 1.165) is 12.1 Å². The first kappa shape index (κ1) is 7.98. The predicted octanol–water partition coefficient (Wildman–Crippen LogP) is 1.57. The fourth-order valence-corrected chi connectivity index (χ4v) is 0.933. The molecule has 0 aliphatic rings. The molecule has 3 heteroatoms. The zero-order chi connectivity index (χ0) is 8.27. The number of aromatic nitrogens is 2. The third-order valence-corrected chi connectivity index (χ3v) is 1.84. The molecule has 0 unspecified atom stereocenters. The van der Waals surface area contributed by atoms with Gasteiger partial charge in [-0.3, -0.25) is 4.98 Å². The normalized spacial score (nSPS) is 12.9. The summed E-state index contributed by atoms with van der Waals surface area (Å²) >= 11 is 0. The van der Waals surface area contributed by atoms with Crippen molar-refractivity contribution in [1.29, 1.82) is 0 Å². The molecular weight excluding hydrogens is 138 g/mol. The van der Waals surface area contributed by atoms with Crippen LogP contribution in [0.15, 0.2) is 12.4 Å². The maximum Gasteiger partial charge on any atom is 0.145 e. The van der Waals surface area contributed by atoms with Gasteiger partial charge in [-0.25, -0.2) is 4.98 Å². The van der Waals surface area contributed by atoms with Crippen LogP contribution in [0.1, 0.15) is 31.9 Å². The van der Waals surface area contributed by atoms with Gasteiger partial charge in [0.2, 0.25) is 0 Å². The molecule has 0 bridgehead atoms. The summed E-state index contributed by atoms with van der Waals surface area (Å²) in [4.78, 5) is 8.12. The summed E-state index contributed by atoms with van der Waals surface area (Å²) in [5, 5.41) is 0. The zero-order valence-corrected chi connectivity index (χ0v) is 6.91. The average Bonchev–Trinajstić information content (AvgIpc) is 2.04. The quantitative estimate of drug-likeness (QED) is 0.698.